The normalized spacial score (nSPS) is 18.1. The van der Waals surface area contributed by atoms with Crippen molar-refractivity contribution in [1.29, 1.82) is 0 Å². The Balaban J connectivity index is 1.22. The number of para-hydroxylation sites is 1. The summed E-state index contributed by atoms with van der Waals surface area (Å²) in [4.78, 5) is 48.8. The molecule has 2 amide bonds. The van der Waals surface area contributed by atoms with Gasteiger partial charge in [-0.05, 0) is 57.1 Å². The molecule has 2 aromatic carbocycles. The lowest BCUT2D eigenvalue weighted by Crippen LogP contribution is -2.52. The van der Waals surface area contributed by atoms with Crippen LogP contribution in [0.4, 0.5) is 28.8 Å². The standard InChI is InChI=1S/C33H42N8O3/c1-6-41(33-34-22-28-30(35-33)37(3)26-10-8-7-9-25(26)32(43)38(28)4)27-12-11-23(21-29(27)44-5)31(42)40-15-13-24(14-16-40)39-19-17-36(2)18-20-39/h7-12,21-22,24H,6,13-20H2,1-5H3. The summed E-state index contributed by atoms with van der Waals surface area (Å²) in [5, 5.41) is 0. The van der Waals surface area contributed by atoms with Crippen LogP contribution >= 0.6 is 0 Å². The summed E-state index contributed by atoms with van der Waals surface area (Å²) in [5.41, 5.74) is 3.39. The second kappa shape index (κ2) is 12.4. The fourth-order valence-electron chi connectivity index (χ4n) is 6.58. The van der Waals surface area contributed by atoms with Crippen molar-refractivity contribution < 1.29 is 14.3 Å². The van der Waals surface area contributed by atoms with Crippen molar-refractivity contribution in [3.05, 3.63) is 59.8 Å². The Labute approximate surface area is 259 Å². The SMILES string of the molecule is CCN(c1ncc2c(n1)N(C)c1ccccc1C(=O)N2C)c1ccc(C(=O)N2CCC(N3CCN(C)CC3)CC2)cc1OC. The van der Waals surface area contributed by atoms with E-state index >= 15 is 0 Å². The Bertz CT molecular complexity index is 1530. The third-order valence-corrected chi connectivity index (χ3v) is 9.30. The number of carbonyl (C=O) groups is 2. The Morgan fingerprint density at radius 1 is 0.955 bits per heavy atom. The smallest absolute Gasteiger partial charge is 0.260 e. The van der Waals surface area contributed by atoms with E-state index in [2.05, 4.69) is 21.8 Å². The first kappa shape index (κ1) is 29.8. The van der Waals surface area contributed by atoms with Crippen molar-refractivity contribution in [1.82, 2.24) is 24.7 Å². The van der Waals surface area contributed by atoms with Crippen LogP contribution in [0.2, 0.25) is 0 Å². The van der Waals surface area contributed by atoms with Gasteiger partial charge in [-0.2, -0.15) is 4.98 Å². The van der Waals surface area contributed by atoms with Gasteiger partial charge in [0.05, 0.1) is 30.2 Å². The number of ether oxygens (including phenoxy) is 1. The lowest BCUT2D eigenvalue weighted by atomic mass is 10.0. The van der Waals surface area contributed by atoms with E-state index in [1.165, 1.54) is 0 Å². The second-order valence-corrected chi connectivity index (χ2v) is 11.8. The van der Waals surface area contributed by atoms with Crippen molar-refractivity contribution in [2.45, 2.75) is 25.8 Å². The lowest BCUT2D eigenvalue weighted by Gasteiger charge is -2.42. The molecule has 0 radical (unpaired) electrons. The van der Waals surface area contributed by atoms with Crippen LogP contribution in [0.3, 0.4) is 0 Å². The van der Waals surface area contributed by atoms with E-state index in [0.29, 0.717) is 46.9 Å². The maximum Gasteiger partial charge on any atom is 0.260 e. The average molecular weight is 599 g/mol. The molecule has 0 unspecified atom stereocenters. The molecule has 0 saturated carbocycles. The van der Waals surface area contributed by atoms with Crippen molar-refractivity contribution in [3.63, 3.8) is 0 Å². The summed E-state index contributed by atoms with van der Waals surface area (Å²) in [6.07, 6.45) is 3.70. The molecule has 4 heterocycles. The molecule has 44 heavy (non-hydrogen) atoms. The first-order chi connectivity index (χ1) is 21.3. The third kappa shape index (κ3) is 5.46. The molecule has 11 heteroatoms. The molecule has 0 spiro atoms. The van der Waals surface area contributed by atoms with Crippen molar-refractivity contribution >= 4 is 40.6 Å². The van der Waals surface area contributed by atoms with Gasteiger partial charge >= 0.3 is 0 Å². The number of anilines is 5. The van der Waals surface area contributed by atoms with Crippen LogP contribution in [0, 0.1) is 0 Å². The topological polar surface area (TPSA) is 88.6 Å². The largest absolute Gasteiger partial charge is 0.495 e. The number of fused-ring (bicyclic) bond motifs is 2. The molecule has 3 aromatic rings. The number of hydrogen-bond donors (Lipinski definition) is 0. The lowest BCUT2D eigenvalue weighted by molar-refractivity contribution is 0.0518. The van der Waals surface area contributed by atoms with E-state index in [1.54, 1.807) is 25.3 Å². The Hall–Kier alpha value is -4.22. The number of piperazine rings is 1. The molecule has 0 bridgehead atoms. The van der Waals surface area contributed by atoms with Gasteiger partial charge in [-0.25, -0.2) is 4.98 Å². The quantitative estimate of drug-likeness (QED) is 0.420. The highest BCUT2D eigenvalue weighted by atomic mass is 16.5. The molecule has 0 N–H and O–H groups in total. The van der Waals surface area contributed by atoms with Gasteiger partial charge < -0.3 is 29.2 Å². The minimum atomic E-state index is -0.111. The number of carbonyl (C=O) groups excluding carboxylic acids is 2. The number of hydrogen-bond acceptors (Lipinski definition) is 9. The van der Waals surface area contributed by atoms with Crippen LogP contribution in [0.5, 0.6) is 5.75 Å². The van der Waals surface area contributed by atoms with Gasteiger partial charge in [-0.15, -0.1) is 0 Å². The summed E-state index contributed by atoms with van der Waals surface area (Å²) in [6.45, 7) is 8.54. The number of likely N-dealkylation sites (N-methyl/N-ethyl adjacent to an activating group) is 1. The second-order valence-electron chi connectivity index (χ2n) is 11.8. The molecule has 11 nitrogen and oxygen atoms in total. The molecule has 2 saturated heterocycles. The summed E-state index contributed by atoms with van der Waals surface area (Å²) in [7, 11) is 7.45. The number of rotatable bonds is 6. The fraction of sp³-hybridized carbons (Fsp3) is 0.455. The first-order valence-corrected chi connectivity index (χ1v) is 15.5. The zero-order valence-corrected chi connectivity index (χ0v) is 26.4. The highest BCUT2D eigenvalue weighted by Crippen LogP contribution is 2.40. The average Bonchev–Trinajstić information content (AvgIpc) is 3.14. The predicted octanol–water partition coefficient (Wildman–Crippen LogP) is 3.85. The molecular weight excluding hydrogens is 556 g/mol. The van der Waals surface area contributed by atoms with Crippen molar-refractivity contribution in [3.8, 4) is 5.75 Å². The van der Waals surface area contributed by atoms with E-state index in [0.717, 1.165) is 63.5 Å². The van der Waals surface area contributed by atoms with E-state index in [1.807, 2.05) is 71.1 Å². The first-order valence-electron chi connectivity index (χ1n) is 15.5. The summed E-state index contributed by atoms with van der Waals surface area (Å²) in [5.74, 6) is 1.60. The molecular formula is C33H42N8O3. The maximum absolute atomic E-state index is 13.6. The van der Waals surface area contributed by atoms with Gasteiger partial charge in [0.2, 0.25) is 5.95 Å². The van der Waals surface area contributed by atoms with Crippen molar-refractivity contribution in [2.75, 3.05) is 88.8 Å². The number of piperidine rings is 1. The monoisotopic (exact) mass is 598 g/mol. The number of benzene rings is 2. The van der Waals surface area contributed by atoms with Crippen LogP contribution < -0.4 is 19.4 Å². The summed E-state index contributed by atoms with van der Waals surface area (Å²) < 4.78 is 5.82. The van der Waals surface area contributed by atoms with Gasteiger partial charge in [0, 0.05) is 71.5 Å². The summed E-state index contributed by atoms with van der Waals surface area (Å²) >= 11 is 0. The predicted molar refractivity (Wildman–Crippen MR) is 173 cm³/mol. The number of methoxy groups -OCH3 is 1. The molecule has 1 aromatic heterocycles. The van der Waals surface area contributed by atoms with Gasteiger partial charge in [0.15, 0.2) is 5.82 Å². The Kier molecular flexibility index (Phi) is 8.42. The van der Waals surface area contributed by atoms with Gasteiger partial charge in [0.1, 0.15) is 11.4 Å². The van der Waals surface area contributed by atoms with Crippen molar-refractivity contribution in [2.24, 2.45) is 0 Å². The fourth-order valence-corrected chi connectivity index (χ4v) is 6.58. The van der Waals surface area contributed by atoms with Crippen LogP contribution in [0.1, 0.15) is 40.5 Å². The zero-order valence-electron chi connectivity index (χ0n) is 26.4. The third-order valence-electron chi connectivity index (χ3n) is 9.30. The van der Waals surface area contributed by atoms with Gasteiger partial charge in [-0.1, -0.05) is 12.1 Å². The summed E-state index contributed by atoms with van der Waals surface area (Å²) in [6, 6.07) is 13.7. The highest BCUT2D eigenvalue weighted by Gasteiger charge is 2.31. The molecule has 2 fully saturated rings. The van der Waals surface area contributed by atoms with Crippen LogP contribution in [0.15, 0.2) is 48.7 Å². The van der Waals surface area contributed by atoms with E-state index in [-0.39, 0.29) is 11.8 Å². The van der Waals surface area contributed by atoms with E-state index in [9.17, 15) is 9.59 Å². The molecule has 232 valence electrons. The van der Waals surface area contributed by atoms with Gasteiger partial charge in [-0.3, -0.25) is 14.5 Å². The minimum Gasteiger partial charge on any atom is -0.495 e. The number of nitrogens with zero attached hydrogens (tertiary/aromatic N) is 8. The molecule has 3 aliphatic heterocycles. The highest BCUT2D eigenvalue weighted by molar-refractivity contribution is 6.13. The molecule has 3 aliphatic rings. The minimum absolute atomic E-state index is 0.0315. The number of aromatic nitrogens is 2. The molecule has 0 aliphatic carbocycles. The maximum atomic E-state index is 13.6. The van der Waals surface area contributed by atoms with Crippen LogP contribution in [-0.4, -0.2) is 117 Å². The molecule has 6 rings (SSSR count). The molecule has 0 atom stereocenters. The van der Waals surface area contributed by atoms with Crippen LogP contribution in [0.25, 0.3) is 0 Å². The van der Waals surface area contributed by atoms with Gasteiger partial charge in [0.25, 0.3) is 11.8 Å². The van der Waals surface area contributed by atoms with E-state index < -0.39 is 0 Å². The zero-order chi connectivity index (χ0) is 31.0. The van der Waals surface area contributed by atoms with Crippen LogP contribution in [-0.2, 0) is 0 Å². The number of likely N-dealkylation sites (tertiary alicyclic amines) is 1. The van der Waals surface area contributed by atoms with E-state index in [4.69, 9.17) is 9.72 Å². The Morgan fingerprint density at radius 3 is 2.39 bits per heavy atom. The number of amides is 2. The Morgan fingerprint density at radius 2 is 1.68 bits per heavy atom.